The van der Waals surface area contributed by atoms with Crippen LogP contribution < -0.4 is 5.32 Å². The van der Waals surface area contributed by atoms with Crippen LogP contribution in [0, 0.1) is 0 Å². The minimum Gasteiger partial charge on any atom is -0.352 e. The molecular weight excluding hydrogens is 246 g/mol. The molecule has 0 aliphatic carbocycles. The first-order valence-electron chi connectivity index (χ1n) is 4.24. The van der Waals surface area contributed by atoms with Crippen LogP contribution in [0.1, 0.15) is 17.3 Å². The maximum absolute atomic E-state index is 11.9. The standard InChI is InChI=1S/C10H10BrNO2/c1-10(14-2)9(13)7-4-3-6(11)5-8(7)12-10/h3-5,12H,1-2H3. The molecule has 0 saturated carbocycles. The molecule has 0 spiro atoms. The molecule has 0 bridgehead atoms. The van der Waals surface area contributed by atoms with Crippen molar-refractivity contribution in [2.75, 3.05) is 12.4 Å². The highest BCUT2D eigenvalue weighted by Crippen LogP contribution is 2.34. The summed E-state index contributed by atoms with van der Waals surface area (Å²) in [6.45, 7) is 1.73. The van der Waals surface area contributed by atoms with Crippen LogP contribution in [0.15, 0.2) is 22.7 Å². The fourth-order valence-corrected chi connectivity index (χ4v) is 1.89. The maximum Gasteiger partial charge on any atom is 0.216 e. The number of benzene rings is 1. The van der Waals surface area contributed by atoms with Crippen molar-refractivity contribution >= 4 is 27.4 Å². The zero-order valence-corrected chi connectivity index (χ0v) is 9.51. The molecule has 0 fully saturated rings. The molecule has 14 heavy (non-hydrogen) atoms. The van der Waals surface area contributed by atoms with Crippen LogP contribution in [0.5, 0.6) is 0 Å². The summed E-state index contributed by atoms with van der Waals surface area (Å²) < 4.78 is 6.10. The van der Waals surface area contributed by atoms with Gasteiger partial charge < -0.3 is 10.1 Å². The van der Waals surface area contributed by atoms with Gasteiger partial charge in [0.1, 0.15) is 0 Å². The molecule has 0 radical (unpaired) electrons. The van der Waals surface area contributed by atoms with E-state index in [2.05, 4.69) is 21.2 Å². The summed E-state index contributed by atoms with van der Waals surface area (Å²) in [6.07, 6.45) is 0. The van der Waals surface area contributed by atoms with Crippen LogP contribution in [0.3, 0.4) is 0 Å². The van der Waals surface area contributed by atoms with Crippen molar-refractivity contribution in [2.45, 2.75) is 12.6 Å². The molecule has 3 nitrogen and oxygen atoms in total. The highest BCUT2D eigenvalue weighted by molar-refractivity contribution is 9.10. The normalized spacial score (nSPS) is 24.6. The van der Waals surface area contributed by atoms with Crippen LogP contribution in [-0.2, 0) is 4.74 Å². The second kappa shape index (κ2) is 3.07. The van der Waals surface area contributed by atoms with E-state index in [1.807, 2.05) is 12.1 Å². The number of halogens is 1. The molecule has 1 unspecified atom stereocenters. The Hall–Kier alpha value is -0.870. The zero-order chi connectivity index (χ0) is 10.3. The fourth-order valence-electron chi connectivity index (χ4n) is 1.53. The number of nitrogens with one attached hydrogen (secondary N) is 1. The number of methoxy groups -OCH3 is 1. The predicted molar refractivity (Wildman–Crippen MR) is 57.5 cm³/mol. The third kappa shape index (κ3) is 1.26. The van der Waals surface area contributed by atoms with Gasteiger partial charge in [-0.2, -0.15) is 0 Å². The van der Waals surface area contributed by atoms with E-state index in [0.717, 1.165) is 10.2 Å². The Morgan fingerprint density at radius 1 is 1.50 bits per heavy atom. The molecule has 1 heterocycles. The van der Waals surface area contributed by atoms with Crippen LogP contribution >= 0.6 is 15.9 Å². The number of ketones is 1. The summed E-state index contributed by atoms with van der Waals surface area (Å²) in [5.41, 5.74) is 0.578. The third-order valence-electron chi connectivity index (χ3n) is 2.44. The molecule has 4 heteroatoms. The molecule has 74 valence electrons. The number of carbonyl (C=O) groups excluding carboxylic acids is 1. The number of ether oxygens (including phenoxy) is 1. The van der Waals surface area contributed by atoms with Crippen LogP contribution in [0.2, 0.25) is 0 Å². The number of rotatable bonds is 1. The van der Waals surface area contributed by atoms with Gasteiger partial charge in [0.2, 0.25) is 5.78 Å². The van der Waals surface area contributed by atoms with E-state index < -0.39 is 5.72 Å². The lowest BCUT2D eigenvalue weighted by Gasteiger charge is -2.20. The number of carbonyl (C=O) groups is 1. The largest absolute Gasteiger partial charge is 0.352 e. The molecule has 1 N–H and O–H groups in total. The molecule has 0 saturated heterocycles. The molecule has 1 aromatic rings. The van der Waals surface area contributed by atoms with Gasteiger partial charge >= 0.3 is 0 Å². The fraction of sp³-hybridized carbons (Fsp3) is 0.300. The van der Waals surface area contributed by atoms with Gasteiger partial charge in [0.05, 0.1) is 0 Å². The third-order valence-corrected chi connectivity index (χ3v) is 2.93. The topological polar surface area (TPSA) is 38.3 Å². The first-order chi connectivity index (χ1) is 6.57. The van der Waals surface area contributed by atoms with E-state index in [-0.39, 0.29) is 5.78 Å². The van der Waals surface area contributed by atoms with E-state index in [1.165, 1.54) is 7.11 Å². The monoisotopic (exact) mass is 255 g/mol. The van der Waals surface area contributed by atoms with Crippen LogP contribution in [-0.4, -0.2) is 18.6 Å². The Bertz CT molecular complexity index is 405. The van der Waals surface area contributed by atoms with Gasteiger partial charge in [-0.3, -0.25) is 4.79 Å². The molecule has 1 atom stereocenters. The summed E-state index contributed by atoms with van der Waals surface area (Å²) in [6, 6.07) is 5.51. The lowest BCUT2D eigenvalue weighted by molar-refractivity contribution is 0.0312. The summed E-state index contributed by atoms with van der Waals surface area (Å²) in [7, 11) is 1.52. The minimum atomic E-state index is -0.914. The summed E-state index contributed by atoms with van der Waals surface area (Å²) in [5, 5.41) is 3.05. The van der Waals surface area contributed by atoms with Gasteiger partial charge in [0.15, 0.2) is 5.72 Å². The second-order valence-electron chi connectivity index (χ2n) is 3.38. The van der Waals surface area contributed by atoms with Crippen molar-refractivity contribution in [3.05, 3.63) is 28.2 Å². The number of hydrogen-bond donors (Lipinski definition) is 1. The zero-order valence-electron chi connectivity index (χ0n) is 7.93. The van der Waals surface area contributed by atoms with E-state index in [1.54, 1.807) is 13.0 Å². The van der Waals surface area contributed by atoms with Crippen LogP contribution in [0.25, 0.3) is 0 Å². The lowest BCUT2D eigenvalue weighted by atomic mass is 10.1. The van der Waals surface area contributed by atoms with Crippen molar-refractivity contribution in [1.82, 2.24) is 0 Å². The van der Waals surface area contributed by atoms with Crippen molar-refractivity contribution in [1.29, 1.82) is 0 Å². The summed E-state index contributed by atoms with van der Waals surface area (Å²) in [5.74, 6) is -0.0255. The van der Waals surface area contributed by atoms with E-state index in [4.69, 9.17) is 4.74 Å². The summed E-state index contributed by atoms with van der Waals surface area (Å²) >= 11 is 3.35. The number of fused-ring (bicyclic) bond motifs is 1. The van der Waals surface area contributed by atoms with Gasteiger partial charge in [-0.1, -0.05) is 15.9 Å². The Morgan fingerprint density at radius 2 is 2.21 bits per heavy atom. The molecule has 1 aliphatic rings. The summed E-state index contributed by atoms with van der Waals surface area (Å²) in [4.78, 5) is 11.9. The van der Waals surface area contributed by atoms with Crippen LogP contribution in [0.4, 0.5) is 5.69 Å². The van der Waals surface area contributed by atoms with Gasteiger partial charge in [0.25, 0.3) is 0 Å². The van der Waals surface area contributed by atoms with Crippen molar-refractivity contribution in [2.24, 2.45) is 0 Å². The van der Waals surface area contributed by atoms with Crippen molar-refractivity contribution < 1.29 is 9.53 Å². The molecule has 2 rings (SSSR count). The average molecular weight is 256 g/mol. The van der Waals surface area contributed by atoms with Crippen molar-refractivity contribution in [3.63, 3.8) is 0 Å². The van der Waals surface area contributed by atoms with E-state index in [0.29, 0.717) is 5.56 Å². The van der Waals surface area contributed by atoms with Crippen molar-refractivity contribution in [3.8, 4) is 0 Å². The molecule has 1 aliphatic heterocycles. The number of hydrogen-bond acceptors (Lipinski definition) is 3. The minimum absolute atomic E-state index is 0.0255. The Kier molecular flexibility index (Phi) is 2.12. The highest BCUT2D eigenvalue weighted by atomic mass is 79.9. The lowest BCUT2D eigenvalue weighted by Crippen LogP contribution is -2.39. The Balaban J connectivity index is 2.51. The Labute approximate surface area is 90.6 Å². The molecular formula is C10H10BrNO2. The van der Waals surface area contributed by atoms with Gasteiger partial charge in [0, 0.05) is 22.8 Å². The first-order valence-corrected chi connectivity index (χ1v) is 5.04. The van der Waals surface area contributed by atoms with Gasteiger partial charge in [-0.25, -0.2) is 0 Å². The molecule has 1 aromatic carbocycles. The smallest absolute Gasteiger partial charge is 0.216 e. The van der Waals surface area contributed by atoms with E-state index in [9.17, 15) is 4.79 Å². The SMILES string of the molecule is COC1(C)Nc2cc(Br)ccc2C1=O. The predicted octanol–water partition coefficient (Wildman–Crippen LogP) is 2.42. The van der Waals surface area contributed by atoms with Gasteiger partial charge in [-0.05, 0) is 25.1 Å². The maximum atomic E-state index is 11.9. The van der Waals surface area contributed by atoms with E-state index >= 15 is 0 Å². The van der Waals surface area contributed by atoms with Gasteiger partial charge in [-0.15, -0.1) is 0 Å². The first kappa shape index (κ1) is 9.68. The molecule has 0 aromatic heterocycles. The number of anilines is 1. The Morgan fingerprint density at radius 3 is 2.86 bits per heavy atom. The molecule has 0 amide bonds. The number of Topliss-reactive ketones (excluding diaryl/α,β-unsaturated/α-hetero) is 1. The second-order valence-corrected chi connectivity index (χ2v) is 4.30. The average Bonchev–Trinajstić information content (AvgIpc) is 2.40. The quantitative estimate of drug-likeness (QED) is 0.838. The highest BCUT2D eigenvalue weighted by Gasteiger charge is 2.41.